The van der Waals surface area contributed by atoms with Gasteiger partial charge in [-0.1, -0.05) is 30.3 Å². The van der Waals surface area contributed by atoms with Crippen LogP contribution in [-0.2, 0) is 16.4 Å². The van der Waals surface area contributed by atoms with E-state index in [0.29, 0.717) is 17.8 Å². The molecule has 0 amide bonds. The zero-order chi connectivity index (χ0) is 23.6. The van der Waals surface area contributed by atoms with E-state index in [1.54, 1.807) is 18.3 Å². The molecule has 0 bridgehead atoms. The van der Waals surface area contributed by atoms with Crippen LogP contribution in [0.15, 0.2) is 88.8 Å². The van der Waals surface area contributed by atoms with Crippen molar-refractivity contribution in [1.29, 1.82) is 5.26 Å². The Morgan fingerprint density at radius 3 is 2.36 bits per heavy atom. The number of sulfone groups is 1. The van der Waals surface area contributed by atoms with Crippen molar-refractivity contribution in [3.8, 4) is 6.07 Å². The number of nitrogens with two attached hydrogens (primary N) is 1. The lowest BCUT2D eigenvalue weighted by Gasteiger charge is -2.05. The largest absolute Gasteiger partial charge is 0.399 e. The van der Waals surface area contributed by atoms with E-state index in [9.17, 15) is 23.8 Å². The minimum atomic E-state index is -4.03. The maximum atomic E-state index is 13.0. The molecule has 0 saturated carbocycles. The van der Waals surface area contributed by atoms with Crippen molar-refractivity contribution in [3.05, 3.63) is 105 Å². The highest BCUT2D eigenvalue weighted by molar-refractivity contribution is 7.95. The molecule has 0 aliphatic rings. The van der Waals surface area contributed by atoms with Gasteiger partial charge in [0.25, 0.3) is 5.69 Å². The lowest BCUT2D eigenvalue weighted by Crippen LogP contribution is -2.03. The fourth-order valence-corrected chi connectivity index (χ4v) is 4.68. The molecule has 4 aromatic rings. The molecule has 1 heterocycles. The molecule has 0 spiro atoms. The Kier molecular flexibility index (Phi) is 5.69. The summed E-state index contributed by atoms with van der Waals surface area (Å²) in [6, 6.07) is 21.1. The molecule has 33 heavy (non-hydrogen) atoms. The SMILES string of the molecule is N#C/C(=C\c1cn(Cc2ccc([N+](=O)[O-])cc2)c2ccccc12)S(=O)(=O)c1ccc(N)cc1. The van der Waals surface area contributed by atoms with Crippen LogP contribution in [0.5, 0.6) is 0 Å². The van der Waals surface area contributed by atoms with Gasteiger partial charge in [-0.15, -0.1) is 0 Å². The minimum absolute atomic E-state index is 0.00581. The topological polar surface area (TPSA) is 132 Å². The van der Waals surface area contributed by atoms with Gasteiger partial charge in [-0.05, 0) is 42.0 Å². The van der Waals surface area contributed by atoms with E-state index in [2.05, 4.69) is 0 Å². The number of hydrogen-bond acceptors (Lipinski definition) is 6. The standard InChI is InChI=1S/C24H18N4O4S/c25-14-22(33(31,32)21-11-7-19(26)8-12-21)13-18-16-27(24-4-2-1-3-23(18)24)15-17-5-9-20(10-6-17)28(29)30/h1-13,16H,15,26H2/b22-13+. The fourth-order valence-electron chi connectivity index (χ4n) is 3.53. The number of allylic oxidation sites excluding steroid dienone is 1. The van der Waals surface area contributed by atoms with Crippen LogP contribution in [0.1, 0.15) is 11.1 Å². The van der Waals surface area contributed by atoms with Crippen LogP contribution in [0.4, 0.5) is 11.4 Å². The molecule has 0 atom stereocenters. The van der Waals surface area contributed by atoms with Crippen molar-refractivity contribution in [2.24, 2.45) is 0 Å². The summed E-state index contributed by atoms with van der Waals surface area (Å²) in [7, 11) is -4.03. The third-order valence-electron chi connectivity index (χ3n) is 5.20. The van der Waals surface area contributed by atoms with Gasteiger partial charge in [0.15, 0.2) is 0 Å². The molecule has 164 valence electrons. The van der Waals surface area contributed by atoms with E-state index >= 15 is 0 Å². The van der Waals surface area contributed by atoms with Crippen molar-refractivity contribution >= 4 is 38.2 Å². The number of hydrogen-bond donors (Lipinski definition) is 1. The first-order valence-corrected chi connectivity index (χ1v) is 11.3. The zero-order valence-electron chi connectivity index (χ0n) is 17.3. The highest BCUT2D eigenvalue weighted by atomic mass is 32.2. The molecule has 0 aliphatic heterocycles. The number of non-ortho nitro benzene ring substituents is 1. The normalized spacial score (nSPS) is 11.9. The lowest BCUT2D eigenvalue weighted by atomic mass is 10.1. The maximum absolute atomic E-state index is 13.0. The minimum Gasteiger partial charge on any atom is -0.399 e. The molecule has 2 N–H and O–H groups in total. The van der Waals surface area contributed by atoms with E-state index in [1.807, 2.05) is 34.9 Å². The Morgan fingerprint density at radius 2 is 1.73 bits per heavy atom. The van der Waals surface area contributed by atoms with Gasteiger partial charge in [-0.25, -0.2) is 8.42 Å². The van der Waals surface area contributed by atoms with Crippen LogP contribution in [0.25, 0.3) is 17.0 Å². The van der Waals surface area contributed by atoms with Crippen molar-refractivity contribution in [1.82, 2.24) is 4.57 Å². The molecule has 0 aliphatic carbocycles. The Morgan fingerprint density at radius 1 is 1.06 bits per heavy atom. The quantitative estimate of drug-likeness (QED) is 0.196. The number of benzene rings is 3. The van der Waals surface area contributed by atoms with E-state index < -0.39 is 14.8 Å². The van der Waals surface area contributed by atoms with Crippen LogP contribution in [0.2, 0.25) is 0 Å². The number of nitro groups is 1. The Bertz CT molecular complexity index is 1530. The molecule has 8 nitrogen and oxygen atoms in total. The van der Waals surface area contributed by atoms with Gasteiger partial charge in [0.2, 0.25) is 9.84 Å². The van der Waals surface area contributed by atoms with Gasteiger partial charge >= 0.3 is 0 Å². The van der Waals surface area contributed by atoms with Gasteiger partial charge in [0, 0.05) is 47.0 Å². The number of nitro benzene ring substituents is 1. The third kappa shape index (κ3) is 4.33. The molecule has 1 aromatic heterocycles. The van der Waals surface area contributed by atoms with E-state index in [4.69, 9.17) is 5.73 Å². The number of nitriles is 1. The number of nitrogen functional groups attached to an aromatic ring is 1. The second kappa shape index (κ2) is 8.61. The predicted molar refractivity (Wildman–Crippen MR) is 126 cm³/mol. The van der Waals surface area contributed by atoms with E-state index in [-0.39, 0.29) is 15.5 Å². The first kappa shape index (κ1) is 21.8. The summed E-state index contributed by atoms with van der Waals surface area (Å²) >= 11 is 0. The van der Waals surface area contributed by atoms with Crippen LogP contribution in [0, 0.1) is 21.4 Å². The van der Waals surface area contributed by atoms with Crippen LogP contribution in [-0.4, -0.2) is 17.9 Å². The summed E-state index contributed by atoms with van der Waals surface area (Å²) in [5.41, 5.74) is 8.32. The number of fused-ring (bicyclic) bond motifs is 1. The predicted octanol–water partition coefficient (Wildman–Crippen LogP) is 4.52. The van der Waals surface area contributed by atoms with Gasteiger partial charge in [0.1, 0.15) is 11.0 Å². The van der Waals surface area contributed by atoms with Crippen molar-refractivity contribution in [2.45, 2.75) is 11.4 Å². The summed E-state index contributed by atoms with van der Waals surface area (Å²) in [6.45, 7) is 0.416. The highest BCUT2D eigenvalue weighted by Crippen LogP contribution is 2.28. The first-order valence-electron chi connectivity index (χ1n) is 9.83. The summed E-state index contributed by atoms with van der Waals surface area (Å²) in [6.07, 6.45) is 3.13. The van der Waals surface area contributed by atoms with Crippen molar-refractivity contribution in [2.75, 3.05) is 5.73 Å². The van der Waals surface area contributed by atoms with Gasteiger partial charge in [-0.3, -0.25) is 10.1 Å². The molecule has 3 aromatic carbocycles. The highest BCUT2D eigenvalue weighted by Gasteiger charge is 2.21. The first-order chi connectivity index (χ1) is 15.8. The lowest BCUT2D eigenvalue weighted by molar-refractivity contribution is -0.384. The number of para-hydroxylation sites is 1. The smallest absolute Gasteiger partial charge is 0.269 e. The average Bonchev–Trinajstić information content (AvgIpc) is 3.15. The van der Waals surface area contributed by atoms with Gasteiger partial charge in [-0.2, -0.15) is 5.26 Å². The molecular weight excluding hydrogens is 440 g/mol. The van der Waals surface area contributed by atoms with Crippen molar-refractivity contribution in [3.63, 3.8) is 0 Å². The van der Waals surface area contributed by atoms with Crippen LogP contribution < -0.4 is 5.73 Å². The molecule has 4 rings (SSSR count). The number of aromatic nitrogens is 1. The number of nitrogens with zero attached hydrogens (tertiary/aromatic N) is 3. The Hall–Kier alpha value is -4.42. The third-order valence-corrected chi connectivity index (χ3v) is 6.88. The second-order valence-corrected chi connectivity index (χ2v) is 9.26. The monoisotopic (exact) mass is 458 g/mol. The molecule has 0 unspecified atom stereocenters. The molecule has 0 fully saturated rings. The van der Waals surface area contributed by atoms with Crippen LogP contribution >= 0.6 is 0 Å². The summed E-state index contributed by atoms with van der Waals surface area (Å²) < 4.78 is 27.9. The summed E-state index contributed by atoms with van der Waals surface area (Å²) in [5, 5.41) is 21.3. The molecule has 0 radical (unpaired) electrons. The van der Waals surface area contributed by atoms with Crippen LogP contribution in [0.3, 0.4) is 0 Å². The second-order valence-electron chi connectivity index (χ2n) is 7.35. The average molecular weight is 458 g/mol. The number of rotatable bonds is 6. The molecular formula is C24H18N4O4S. The summed E-state index contributed by atoms with van der Waals surface area (Å²) in [5.74, 6) is 0. The molecule has 9 heteroatoms. The zero-order valence-corrected chi connectivity index (χ0v) is 18.1. The fraction of sp³-hybridized carbons (Fsp3) is 0.0417. The van der Waals surface area contributed by atoms with E-state index in [0.717, 1.165) is 16.5 Å². The van der Waals surface area contributed by atoms with Gasteiger partial charge < -0.3 is 10.3 Å². The van der Waals surface area contributed by atoms with Crippen molar-refractivity contribution < 1.29 is 13.3 Å². The van der Waals surface area contributed by atoms with Gasteiger partial charge in [0.05, 0.1) is 9.82 Å². The molecule has 0 saturated heterocycles. The van der Waals surface area contributed by atoms with E-state index in [1.165, 1.54) is 42.5 Å². The Balaban J connectivity index is 1.76. The summed E-state index contributed by atoms with van der Waals surface area (Å²) in [4.78, 5) is 10.0. The number of anilines is 1. The Labute approximate surface area is 189 Å². The maximum Gasteiger partial charge on any atom is 0.269 e.